The Hall–Kier alpha value is -2.55. The first-order valence-corrected chi connectivity index (χ1v) is 6.53. The molecule has 0 fully saturated rings. The fourth-order valence-electron chi connectivity index (χ4n) is 2.00. The van der Waals surface area contributed by atoms with Crippen LogP contribution in [0.4, 0.5) is 0 Å². The van der Waals surface area contributed by atoms with Crippen LogP contribution >= 0.6 is 0 Å². The molecule has 3 nitrogen and oxygen atoms in total. The lowest BCUT2D eigenvalue weighted by molar-refractivity contribution is -0.128. The summed E-state index contributed by atoms with van der Waals surface area (Å²) in [6, 6.07) is 18.9. The smallest absolute Gasteiger partial charge is 0.293 e. The molecule has 0 saturated heterocycles. The van der Waals surface area contributed by atoms with Crippen LogP contribution in [0.1, 0.15) is 6.92 Å². The molecule has 0 aliphatic heterocycles. The predicted molar refractivity (Wildman–Crippen MR) is 80.5 cm³/mol. The van der Waals surface area contributed by atoms with E-state index in [-0.39, 0.29) is 0 Å². The first-order chi connectivity index (χ1) is 9.86. The van der Waals surface area contributed by atoms with Gasteiger partial charge in [-0.2, -0.15) is 0 Å². The average molecular weight is 267 g/mol. The minimum absolute atomic E-state index is 0.431. The van der Waals surface area contributed by atoms with Gasteiger partial charge in [0, 0.05) is 18.0 Å². The van der Waals surface area contributed by atoms with Crippen molar-refractivity contribution in [3.63, 3.8) is 0 Å². The van der Waals surface area contributed by atoms with Crippen molar-refractivity contribution in [3.8, 4) is 11.1 Å². The van der Waals surface area contributed by atoms with Gasteiger partial charge in [-0.15, -0.1) is 0 Å². The molecule has 3 aromatic rings. The van der Waals surface area contributed by atoms with Gasteiger partial charge in [-0.25, -0.2) is 0 Å². The van der Waals surface area contributed by atoms with Crippen molar-refractivity contribution in [1.82, 2.24) is 4.40 Å². The minimum Gasteiger partial charge on any atom is -0.468 e. The third kappa shape index (κ3) is 3.26. The summed E-state index contributed by atoms with van der Waals surface area (Å²) >= 11 is 0. The highest BCUT2D eigenvalue weighted by molar-refractivity contribution is 5.80. The molecule has 0 saturated carbocycles. The van der Waals surface area contributed by atoms with E-state index in [0.29, 0.717) is 13.1 Å². The number of nitrogens with zero attached hydrogens (tertiary/aromatic N) is 1. The monoisotopic (exact) mass is 267 g/mol. The standard InChI is InChI=1S/C14H11N.C3H6O2/c1-2-6-12(7-3-1)13-8-4-10-15-11-5-9-14(13)15;1-2-5-3-4/h1-11H;3H,2H2,1H3. The lowest BCUT2D eigenvalue weighted by Gasteiger charge is -2.04. The lowest BCUT2D eigenvalue weighted by atomic mass is 10.1. The van der Waals surface area contributed by atoms with E-state index in [4.69, 9.17) is 0 Å². The third-order valence-electron chi connectivity index (χ3n) is 2.88. The number of rotatable bonds is 3. The van der Waals surface area contributed by atoms with Crippen LogP contribution in [0.15, 0.2) is 67.0 Å². The molecule has 3 rings (SSSR count). The summed E-state index contributed by atoms with van der Waals surface area (Å²) < 4.78 is 6.29. The summed E-state index contributed by atoms with van der Waals surface area (Å²) in [5.74, 6) is 0. The number of aromatic nitrogens is 1. The fourth-order valence-corrected chi connectivity index (χ4v) is 2.00. The Kier molecular flexibility index (Phi) is 4.95. The summed E-state index contributed by atoms with van der Waals surface area (Å²) in [6.07, 6.45) is 4.14. The highest BCUT2D eigenvalue weighted by Crippen LogP contribution is 2.24. The van der Waals surface area contributed by atoms with Crippen molar-refractivity contribution in [2.24, 2.45) is 0 Å². The van der Waals surface area contributed by atoms with E-state index in [9.17, 15) is 4.79 Å². The van der Waals surface area contributed by atoms with E-state index in [1.54, 1.807) is 6.92 Å². The van der Waals surface area contributed by atoms with Crippen LogP contribution in [0.25, 0.3) is 16.6 Å². The molecule has 0 amide bonds. The largest absolute Gasteiger partial charge is 0.468 e. The summed E-state index contributed by atoms with van der Waals surface area (Å²) in [6.45, 7) is 2.66. The van der Waals surface area contributed by atoms with Crippen LogP contribution < -0.4 is 0 Å². The maximum atomic E-state index is 9.18. The van der Waals surface area contributed by atoms with Gasteiger partial charge in [0.2, 0.25) is 0 Å². The molecule has 0 unspecified atom stereocenters. The van der Waals surface area contributed by atoms with Crippen LogP contribution in [0.5, 0.6) is 0 Å². The SMILES string of the molecule is CCOC=O.c1ccc(-c2cccn3cccc23)cc1. The zero-order chi connectivity index (χ0) is 14.2. The molecule has 2 aromatic heterocycles. The molecule has 2 heterocycles. The number of fused-ring (bicyclic) bond motifs is 1. The molecule has 0 aliphatic rings. The molecule has 0 radical (unpaired) electrons. The number of benzene rings is 1. The van der Waals surface area contributed by atoms with Crippen LogP contribution in [0.2, 0.25) is 0 Å². The Bertz CT molecular complexity index is 659. The van der Waals surface area contributed by atoms with E-state index in [0.717, 1.165) is 0 Å². The van der Waals surface area contributed by atoms with Crippen LogP contribution in [-0.4, -0.2) is 17.5 Å². The molecule has 20 heavy (non-hydrogen) atoms. The molecule has 0 N–H and O–H groups in total. The van der Waals surface area contributed by atoms with Gasteiger partial charge in [-0.05, 0) is 30.7 Å². The zero-order valence-corrected chi connectivity index (χ0v) is 11.4. The second-order valence-corrected chi connectivity index (χ2v) is 4.14. The zero-order valence-electron chi connectivity index (χ0n) is 11.4. The number of carbonyl (C=O) groups is 1. The first-order valence-electron chi connectivity index (χ1n) is 6.53. The quantitative estimate of drug-likeness (QED) is 0.676. The summed E-state index contributed by atoms with van der Waals surface area (Å²) in [5, 5.41) is 0. The number of hydrogen-bond donors (Lipinski definition) is 0. The summed E-state index contributed by atoms with van der Waals surface area (Å²) in [5.41, 5.74) is 3.80. The van der Waals surface area contributed by atoms with E-state index in [1.807, 2.05) is 6.07 Å². The highest BCUT2D eigenvalue weighted by Gasteiger charge is 2.01. The number of pyridine rings is 1. The third-order valence-corrected chi connectivity index (χ3v) is 2.88. The molecule has 0 spiro atoms. The van der Waals surface area contributed by atoms with Crippen molar-refractivity contribution in [2.45, 2.75) is 6.92 Å². The van der Waals surface area contributed by atoms with E-state index < -0.39 is 0 Å². The van der Waals surface area contributed by atoms with Crippen molar-refractivity contribution < 1.29 is 9.53 Å². The number of ether oxygens (including phenoxy) is 1. The first kappa shape index (κ1) is 13.9. The van der Waals surface area contributed by atoms with Crippen molar-refractivity contribution in [2.75, 3.05) is 6.61 Å². The second-order valence-electron chi connectivity index (χ2n) is 4.14. The number of hydrogen-bond acceptors (Lipinski definition) is 2. The molecule has 0 atom stereocenters. The van der Waals surface area contributed by atoms with Gasteiger partial charge in [-0.3, -0.25) is 4.79 Å². The minimum atomic E-state index is 0.431. The Morgan fingerprint density at radius 3 is 2.30 bits per heavy atom. The molecule has 1 aromatic carbocycles. The predicted octanol–water partition coefficient (Wildman–Crippen LogP) is 3.79. The second kappa shape index (κ2) is 7.14. The highest BCUT2D eigenvalue weighted by atomic mass is 16.5. The average Bonchev–Trinajstić information content (AvgIpc) is 2.98. The number of carbonyl (C=O) groups excluding carboxylic acids is 1. The molecular formula is C17H17NO2. The van der Waals surface area contributed by atoms with Gasteiger partial charge in [0.05, 0.1) is 12.1 Å². The van der Waals surface area contributed by atoms with Crippen molar-refractivity contribution in [1.29, 1.82) is 0 Å². The van der Waals surface area contributed by atoms with Gasteiger partial charge in [0.15, 0.2) is 0 Å². The van der Waals surface area contributed by atoms with E-state index >= 15 is 0 Å². The molecule has 0 bridgehead atoms. The molecule has 3 heteroatoms. The lowest BCUT2D eigenvalue weighted by Crippen LogP contribution is -1.84. The molecular weight excluding hydrogens is 250 g/mol. The summed E-state index contributed by atoms with van der Waals surface area (Å²) in [7, 11) is 0. The van der Waals surface area contributed by atoms with E-state index in [2.05, 4.69) is 70.1 Å². The molecule has 102 valence electrons. The molecule has 0 aliphatic carbocycles. The topological polar surface area (TPSA) is 30.7 Å². The van der Waals surface area contributed by atoms with Gasteiger partial charge in [0.25, 0.3) is 6.47 Å². The maximum absolute atomic E-state index is 9.18. The van der Waals surface area contributed by atoms with E-state index in [1.165, 1.54) is 16.6 Å². The Morgan fingerprint density at radius 1 is 1.00 bits per heavy atom. The van der Waals surface area contributed by atoms with Gasteiger partial charge >= 0.3 is 0 Å². The van der Waals surface area contributed by atoms with Gasteiger partial charge in [-0.1, -0.05) is 36.4 Å². The van der Waals surface area contributed by atoms with Gasteiger partial charge < -0.3 is 9.14 Å². The van der Waals surface area contributed by atoms with Crippen molar-refractivity contribution >= 4 is 12.0 Å². The van der Waals surface area contributed by atoms with Crippen LogP contribution in [-0.2, 0) is 9.53 Å². The van der Waals surface area contributed by atoms with Crippen LogP contribution in [0.3, 0.4) is 0 Å². The normalized spacial score (nSPS) is 9.65. The fraction of sp³-hybridized carbons (Fsp3) is 0.118. The Morgan fingerprint density at radius 2 is 1.70 bits per heavy atom. The maximum Gasteiger partial charge on any atom is 0.293 e. The van der Waals surface area contributed by atoms with Crippen molar-refractivity contribution in [3.05, 3.63) is 67.0 Å². The van der Waals surface area contributed by atoms with Gasteiger partial charge in [0.1, 0.15) is 0 Å². The summed E-state index contributed by atoms with van der Waals surface area (Å²) in [4.78, 5) is 9.18. The Balaban J connectivity index is 0.000000257. The Labute approximate surface area is 118 Å². The van der Waals surface area contributed by atoms with Crippen LogP contribution in [0, 0.1) is 0 Å².